The molecule has 2 N–H and O–H groups in total. The fraction of sp³-hybridized carbons (Fsp3) is 0.429. The predicted octanol–water partition coefficient (Wildman–Crippen LogP) is 1.70. The van der Waals surface area contributed by atoms with Crippen LogP contribution in [0.15, 0.2) is 24.3 Å². The van der Waals surface area contributed by atoms with Crippen molar-refractivity contribution in [2.75, 3.05) is 18.1 Å². The van der Waals surface area contributed by atoms with E-state index in [1.54, 1.807) is 6.92 Å². The molecule has 5 nitrogen and oxygen atoms in total. The summed E-state index contributed by atoms with van der Waals surface area (Å²) < 4.78 is 5.51. The molecule has 0 saturated carbocycles. The van der Waals surface area contributed by atoms with Crippen molar-refractivity contribution in [2.24, 2.45) is 0 Å². The minimum absolute atomic E-state index is 0.0469. The lowest BCUT2D eigenvalue weighted by Gasteiger charge is -2.14. The molecule has 1 unspecified atom stereocenters. The van der Waals surface area contributed by atoms with Crippen molar-refractivity contribution in [1.29, 1.82) is 0 Å². The van der Waals surface area contributed by atoms with Gasteiger partial charge in [0.15, 0.2) is 6.10 Å². The van der Waals surface area contributed by atoms with Crippen molar-refractivity contribution in [1.82, 2.24) is 5.32 Å². The monoisotopic (exact) mass is 297 g/mol. The Hall–Kier alpha value is -1.69. The Bertz CT molecular complexity index is 447. The molecule has 20 heavy (non-hydrogen) atoms. The molecule has 110 valence electrons. The number of nitrogens with one attached hydrogen (secondary N) is 1. The van der Waals surface area contributed by atoms with Gasteiger partial charge in [-0.1, -0.05) is 17.7 Å². The second-order valence-electron chi connectivity index (χ2n) is 4.31. The van der Waals surface area contributed by atoms with E-state index in [-0.39, 0.29) is 11.7 Å². The van der Waals surface area contributed by atoms with Crippen molar-refractivity contribution in [3.05, 3.63) is 29.8 Å². The van der Waals surface area contributed by atoms with E-state index in [4.69, 9.17) is 9.84 Å². The number of thioether (sulfide) groups is 1. The molecule has 0 spiro atoms. The highest BCUT2D eigenvalue weighted by Crippen LogP contribution is 2.13. The lowest BCUT2D eigenvalue weighted by atomic mass is 10.2. The van der Waals surface area contributed by atoms with Crippen LogP contribution in [0.25, 0.3) is 0 Å². The molecule has 0 saturated heterocycles. The summed E-state index contributed by atoms with van der Waals surface area (Å²) in [6, 6.07) is 7.48. The standard InChI is InChI=1S/C14H19NO4S/c1-10-3-5-12(6-4-10)19-11(2)14(18)15-7-8-20-9-13(16)17/h3-6,11H,7-9H2,1-2H3,(H,15,18)(H,16,17). The van der Waals surface area contributed by atoms with Gasteiger partial charge in [0, 0.05) is 12.3 Å². The SMILES string of the molecule is Cc1ccc(OC(C)C(=O)NCCSCC(=O)O)cc1. The molecule has 0 heterocycles. The molecule has 0 aromatic heterocycles. The number of amides is 1. The first-order chi connectivity index (χ1) is 9.49. The van der Waals surface area contributed by atoms with Gasteiger partial charge >= 0.3 is 5.97 Å². The highest BCUT2D eigenvalue weighted by Gasteiger charge is 2.13. The second-order valence-corrected chi connectivity index (χ2v) is 5.42. The highest BCUT2D eigenvalue weighted by atomic mass is 32.2. The summed E-state index contributed by atoms with van der Waals surface area (Å²) >= 11 is 1.27. The molecule has 0 radical (unpaired) electrons. The van der Waals surface area contributed by atoms with Crippen molar-refractivity contribution in [3.63, 3.8) is 0 Å². The van der Waals surface area contributed by atoms with Gasteiger partial charge in [-0.3, -0.25) is 9.59 Å². The summed E-state index contributed by atoms with van der Waals surface area (Å²) in [7, 11) is 0. The van der Waals surface area contributed by atoms with Gasteiger partial charge in [0.2, 0.25) is 0 Å². The summed E-state index contributed by atoms with van der Waals surface area (Å²) in [5.41, 5.74) is 1.13. The second kappa shape index (κ2) is 8.47. The van der Waals surface area contributed by atoms with Crippen LogP contribution in [0.5, 0.6) is 5.75 Å². The zero-order valence-corrected chi connectivity index (χ0v) is 12.4. The van der Waals surface area contributed by atoms with Crippen LogP contribution in [0.2, 0.25) is 0 Å². The Morgan fingerprint density at radius 2 is 2.00 bits per heavy atom. The van der Waals surface area contributed by atoms with Crippen LogP contribution in [-0.4, -0.2) is 41.1 Å². The summed E-state index contributed by atoms with van der Waals surface area (Å²) in [5, 5.41) is 11.2. The van der Waals surface area contributed by atoms with Crippen LogP contribution < -0.4 is 10.1 Å². The molecule has 0 aliphatic carbocycles. The van der Waals surface area contributed by atoms with Crippen LogP contribution in [0.3, 0.4) is 0 Å². The third kappa shape index (κ3) is 6.47. The first-order valence-corrected chi connectivity index (χ1v) is 7.45. The first-order valence-electron chi connectivity index (χ1n) is 6.29. The van der Waals surface area contributed by atoms with Gasteiger partial charge in [-0.15, -0.1) is 11.8 Å². The van der Waals surface area contributed by atoms with E-state index in [1.807, 2.05) is 31.2 Å². The molecule has 1 atom stereocenters. The quantitative estimate of drug-likeness (QED) is 0.714. The third-order valence-electron chi connectivity index (χ3n) is 2.47. The van der Waals surface area contributed by atoms with Gasteiger partial charge < -0.3 is 15.2 Å². The number of benzene rings is 1. The number of carbonyl (C=O) groups excluding carboxylic acids is 1. The van der Waals surface area contributed by atoms with Crippen molar-refractivity contribution >= 4 is 23.6 Å². The Kier molecular flexibility index (Phi) is 6.93. The summed E-state index contributed by atoms with van der Waals surface area (Å²) in [6.07, 6.45) is -0.581. The molecule has 0 bridgehead atoms. The fourth-order valence-electron chi connectivity index (χ4n) is 1.42. The number of hydrogen-bond donors (Lipinski definition) is 2. The van der Waals surface area contributed by atoms with E-state index in [1.165, 1.54) is 11.8 Å². The van der Waals surface area contributed by atoms with E-state index in [0.29, 0.717) is 18.0 Å². The average Bonchev–Trinajstić information content (AvgIpc) is 2.40. The molecular weight excluding hydrogens is 278 g/mol. The number of ether oxygens (including phenoxy) is 1. The zero-order valence-electron chi connectivity index (χ0n) is 11.6. The van der Waals surface area contributed by atoms with Gasteiger partial charge in [0.1, 0.15) is 5.75 Å². The average molecular weight is 297 g/mol. The van der Waals surface area contributed by atoms with Gasteiger partial charge in [0.25, 0.3) is 5.91 Å². The zero-order chi connectivity index (χ0) is 15.0. The minimum Gasteiger partial charge on any atom is -0.481 e. The number of carbonyl (C=O) groups is 2. The Morgan fingerprint density at radius 3 is 2.60 bits per heavy atom. The highest BCUT2D eigenvalue weighted by molar-refractivity contribution is 7.99. The summed E-state index contributed by atoms with van der Waals surface area (Å²) in [6.45, 7) is 4.09. The largest absolute Gasteiger partial charge is 0.481 e. The molecule has 0 aliphatic heterocycles. The maximum absolute atomic E-state index is 11.7. The molecule has 0 fully saturated rings. The molecule has 6 heteroatoms. The maximum atomic E-state index is 11.7. The van der Waals surface area contributed by atoms with Crippen molar-refractivity contribution in [2.45, 2.75) is 20.0 Å². The molecular formula is C14H19NO4S. The third-order valence-corrected chi connectivity index (χ3v) is 3.42. The number of carboxylic acid groups (broad SMARTS) is 1. The van der Waals surface area contributed by atoms with E-state index in [9.17, 15) is 9.59 Å². The van der Waals surface area contributed by atoms with E-state index < -0.39 is 12.1 Å². The summed E-state index contributed by atoms with van der Waals surface area (Å²) in [4.78, 5) is 22.1. The predicted molar refractivity (Wildman–Crippen MR) is 79.2 cm³/mol. The van der Waals surface area contributed by atoms with Crippen LogP contribution >= 0.6 is 11.8 Å². The Morgan fingerprint density at radius 1 is 1.35 bits per heavy atom. The van der Waals surface area contributed by atoms with Crippen molar-refractivity contribution < 1.29 is 19.4 Å². The molecule has 1 aromatic rings. The molecule has 1 rings (SSSR count). The van der Waals surface area contributed by atoms with E-state index in [2.05, 4.69) is 5.32 Å². The van der Waals surface area contributed by atoms with Crippen LogP contribution in [0.1, 0.15) is 12.5 Å². The number of rotatable bonds is 8. The van der Waals surface area contributed by atoms with E-state index in [0.717, 1.165) is 5.56 Å². The fourth-order valence-corrected chi connectivity index (χ4v) is 1.99. The Balaban J connectivity index is 2.25. The van der Waals surface area contributed by atoms with E-state index >= 15 is 0 Å². The molecule has 1 amide bonds. The van der Waals surface area contributed by atoms with Gasteiger partial charge in [-0.05, 0) is 26.0 Å². The number of hydrogen-bond acceptors (Lipinski definition) is 4. The van der Waals surface area contributed by atoms with Crippen molar-refractivity contribution in [3.8, 4) is 5.75 Å². The number of carboxylic acids is 1. The summed E-state index contributed by atoms with van der Waals surface area (Å²) in [5.74, 6) is 0.207. The Labute approximate surface area is 122 Å². The minimum atomic E-state index is -0.850. The number of aryl methyl sites for hydroxylation is 1. The topological polar surface area (TPSA) is 75.6 Å². The van der Waals surface area contributed by atoms with Crippen LogP contribution in [-0.2, 0) is 9.59 Å². The first kappa shape index (κ1) is 16.4. The lowest BCUT2D eigenvalue weighted by molar-refractivity contribution is -0.134. The van der Waals surface area contributed by atoms with Crippen LogP contribution in [0.4, 0.5) is 0 Å². The maximum Gasteiger partial charge on any atom is 0.313 e. The molecule has 0 aliphatic rings. The smallest absolute Gasteiger partial charge is 0.313 e. The molecule has 1 aromatic carbocycles. The van der Waals surface area contributed by atoms with Gasteiger partial charge in [-0.25, -0.2) is 0 Å². The number of aliphatic carboxylic acids is 1. The van der Waals surface area contributed by atoms with Gasteiger partial charge in [0.05, 0.1) is 5.75 Å². The lowest BCUT2D eigenvalue weighted by Crippen LogP contribution is -2.37. The van der Waals surface area contributed by atoms with Gasteiger partial charge in [-0.2, -0.15) is 0 Å². The van der Waals surface area contributed by atoms with Crippen LogP contribution in [0, 0.1) is 6.92 Å². The normalized spacial score (nSPS) is 11.7.